The van der Waals surface area contributed by atoms with E-state index < -0.39 is 0 Å². The van der Waals surface area contributed by atoms with Crippen LogP contribution in [0.2, 0.25) is 0 Å². The summed E-state index contributed by atoms with van der Waals surface area (Å²) in [5, 5.41) is 10.1. The summed E-state index contributed by atoms with van der Waals surface area (Å²) in [6, 6.07) is 15.0. The van der Waals surface area contributed by atoms with Crippen LogP contribution in [-0.4, -0.2) is 5.11 Å². The molecule has 2 rings (SSSR count). The van der Waals surface area contributed by atoms with Gasteiger partial charge in [-0.2, -0.15) is 0 Å². The van der Waals surface area contributed by atoms with Crippen molar-refractivity contribution in [1.29, 1.82) is 0 Å². The molecule has 0 atom stereocenters. The van der Waals surface area contributed by atoms with Crippen LogP contribution in [-0.2, 0) is 11.9 Å². The number of ether oxygens (including phenoxy) is 1. The van der Waals surface area contributed by atoms with Crippen molar-refractivity contribution in [1.82, 2.24) is 0 Å². The molecule has 0 saturated carbocycles. The molecular formula is C14H13BrO2. The first-order chi connectivity index (χ1) is 8.29. The lowest BCUT2D eigenvalue weighted by Gasteiger charge is -2.09. The van der Waals surface area contributed by atoms with E-state index >= 15 is 0 Å². The highest BCUT2D eigenvalue weighted by Crippen LogP contribution is 2.22. The molecule has 0 amide bonds. The monoisotopic (exact) mass is 292 g/mol. The molecule has 0 spiro atoms. The number of alkyl halides is 1. The molecule has 3 heteroatoms. The van der Waals surface area contributed by atoms with Crippen molar-refractivity contribution in [3.8, 4) is 11.5 Å². The van der Waals surface area contributed by atoms with E-state index in [2.05, 4.69) is 15.9 Å². The molecule has 0 aliphatic heterocycles. The molecule has 0 aromatic heterocycles. The first-order valence-electron chi connectivity index (χ1n) is 5.34. The van der Waals surface area contributed by atoms with E-state index in [0.29, 0.717) is 6.61 Å². The van der Waals surface area contributed by atoms with Crippen LogP contribution in [0.4, 0.5) is 0 Å². The van der Waals surface area contributed by atoms with Gasteiger partial charge in [0.2, 0.25) is 0 Å². The lowest BCUT2D eigenvalue weighted by Crippen LogP contribution is -1.97. The summed E-state index contributed by atoms with van der Waals surface area (Å²) in [5.74, 6) is 1.13. The van der Waals surface area contributed by atoms with Gasteiger partial charge in [0.15, 0.2) is 0 Å². The minimum absolute atomic E-state index is 0.264. The molecule has 0 bridgehead atoms. The topological polar surface area (TPSA) is 29.5 Å². The predicted molar refractivity (Wildman–Crippen MR) is 71.5 cm³/mol. The quantitative estimate of drug-likeness (QED) is 0.867. The summed E-state index contributed by atoms with van der Waals surface area (Å²) < 4.78 is 5.73. The molecule has 0 unspecified atom stereocenters. The Bertz CT molecular complexity index is 497. The minimum Gasteiger partial charge on any atom is -0.508 e. The number of benzene rings is 2. The van der Waals surface area contributed by atoms with Gasteiger partial charge in [-0.3, -0.25) is 0 Å². The van der Waals surface area contributed by atoms with E-state index in [1.807, 2.05) is 36.4 Å². The molecule has 1 N–H and O–H groups in total. The van der Waals surface area contributed by atoms with Crippen LogP contribution < -0.4 is 4.74 Å². The Hall–Kier alpha value is -1.48. The second kappa shape index (κ2) is 5.73. The Morgan fingerprint density at radius 2 is 1.88 bits per heavy atom. The van der Waals surface area contributed by atoms with E-state index in [1.54, 1.807) is 12.1 Å². The van der Waals surface area contributed by atoms with Crippen molar-refractivity contribution >= 4 is 15.9 Å². The number of rotatable bonds is 4. The fraction of sp³-hybridized carbons (Fsp3) is 0.143. The smallest absolute Gasteiger partial charge is 0.123 e. The minimum atomic E-state index is 0.264. The van der Waals surface area contributed by atoms with Gasteiger partial charge in [-0.15, -0.1) is 0 Å². The van der Waals surface area contributed by atoms with Crippen LogP contribution in [0.25, 0.3) is 0 Å². The third-order valence-corrected chi connectivity index (χ3v) is 3.03. The number of aromatic hydroxyl groups is 1. The number of phenols is 1. The Labute approximate surface area is 109 Å². The molecule has 0 saturated heterocycles. The number of halogens is 1. The highest BCUT2D eigenvalue weighted by molar-refractivity contribution is 9.08. The second-order valence-corrected chi connectivity index (χ2v) is 4.26. The molecule has 2 aromatic rings. The molecule has 0 aliphatic carbocycles. The predicted octanol–water partition coefficient (Wildman–Crippen LogP) is 3.87. The SMILES string of the molecule is Oc1cccc(COc2ccccc2CBr)c1. The average molecular weight is 293 g/mol. The largest absolute Gasteiger partial charge is 0.508 e. The molecule has 0 radical (unpaired) electrons. The number of phenolic OH excluding ortho intramolecular Hbond substituents is 1. The van der Waals surface area contributed by atoms with E-state index in [0.717, 1.165) is 22.2 Å². The first-order valence-corrected chi connectivity index (χ1v) is 6.46. The Balaban J connectivity index is 2.07. The number of para-hydroxylation sites is 1. The Kier molecular flexibility index (Phi) is 4.04. The van der Waals surface area contributed by atoms with Crippen molar-refractivity contribution in [3.63, 3.8) is 0 Å². The van der Waals surface area contributed by atoms with Crippen molar-refractivity contribution < 1.29 is 9.84 Å². The lowest BCUT2D eigenvalue weighted by molar-refractivity contribution is 0.303. The van der Waals surface area contributed by atoms with E-state index in [9.17, 15) is 5.11 Å². The van der Waals surface area contributed by atoms with Crippen LogP contribution in [0, 0.1) is 0 Å². The maximum absolute atomic E-state index is 9.35. The van der Waals surface area contributed by atoms with Gasteiger partial charge in [-0.1, -0.05) is 46.3 Å². The van der Waals surface area contributed by atoms with Crippen molar-refractivity contribution in [2.75, 3.05) is 0 Å². The summed E-state index contributed by atoms with van der Waals surface area (Å²) in [5.41, 5.74) is 2.07. The zero-order valence-electron chi connectivity index (χ0n) is 9.27. The van der Waals surface area contributed by atoms with Crippen molar-refractivity contribution in [3.05, 3.63) is 59.7 Å². The van der Waals surface area contributed by atoms with E-state index in [-0.39, 0.29) is 5.75 Å². The number of hydrogen-bond donors (Lipinski definition) is 1. The normalized spacial score (nSPS) is 10.2. The molecule has 0 fully saturated rings. The first kappa shape index (κ1) is 12.0. The van der Waals surface area contributed by atoms with Gasteiger partial charge in [0, 0.05) is 10.9 Å². The molecule has 2 aromatic carbocycles. The van der Waals surface area contributed by atoms with Gasteiger partial charge < -0.3 is 9.84 Å². The Morgan fingerprint density at radius 1 is 1.06 bits per heavy atom. The van der Waals surface area contributed by atoms with Crippen LogP contribution in [0.1, 0.15) is 11.1 Å². The van der Waals surface area contributed by atoms with E-state index in [4.69, 9.17) is 4.74 Å². The summed E-state index contributed by atoms with van der Waals surface area (Å²) in [6.07, 6.45) is 0. The molecular weight excluding hydrogens is 280 g/mol. The van der Waals surface area contributed by atoms with Gasteiger partial charge in [0.1, 0.15) is 18.1 Å². The summed E-state index contributed by atoms with van der Waals surface area (Å²) >= 11 is 3.43. The summed E-state index contributed by atoms with van der Waals surface area (Å²) in [7, 11) is 0. The fourth-order valence-electron chi connectivity index (χ4n) is 1.56. The van der Waals surface area contributed by atoms with Crippen LogP contribution >= 0.6 is 15.9 Å². The standard InChI is InChI=1S/C14H13BrO2/c15-9-12-5-1-2-7-14(12)17-10-11-4-3-6-13(16)8-11/h1-8,16H,9-10H2. The zero-order valence-corrected chi connectivity index (χ0v) is 10.9. The molecule has 17 heavy (non-hydrogen) atoms. The molecule has 88 valence electrons. The van der Waals surface area contributed by atoms with Gasteiger partial charge in [0.05, 0.1) is 0 Å². The third kappa shape index (κ3) is 3.24. The highest BCUT2D eigenvalue weighted by atomic mass is 79.9. The molecule has 0 heterocycles. The Morgan fingerprint density at radius 3 is 2.65 bits per heavy atom. The average Bonchev–Trinajstić information content (AvgIpc) is 2.37. The molecule has 2 nitrogen and oxygen atoms in total. The maximum atomic E-state index is 9.35. The van der Waals surface area contributed by atoms with Crippen molar-refractivity contribution in [2.45, 2.75) is 11.9 Å². The van der Waals surface area contributed by atoms with Gasteiger partial charge in [0.25, 0.3) is 0 Å². The second-order valence-electron chi connectivity index (χ2n) is 3.70. The van der Waals surface area contributed by atoms with Crippen LogP contribution in [0.15, 0.2) is 48.5 Å². The third-order valence-electron chi connectivity index (χ3n) is 2.42. The van der Waals surface area contributed by atoms with Gasteiger partial charge in [-0.25, -0.2) is 0 Å². The van der Waals surface area contributed by atoms with E-state index in [1.165, 1.54) is 0 Å². The molecule has 0 aliphatic rings. The highest BCUT2D eigenvalue weighted by Gasteiger charge is 2.02. The summed E-state index contributed by atoms with van der Waals surface area (Å²) in [6.45, 7) is 0.457. The summed E-state index contributed by atoms with van der Waals surface area (Å²) in [4.78, 5) is 0. The van der Waals surface area contributed by atoms with Crippen LogP contribution in [0.5, 0.6) is 11.5 Å². The lowest BCUT2D eigenvalue weighted by atomic mass is 10.2. The van der Waals surface area contributed by atoms with Crippen molar-refractivity contribution in [2.24, 2.45) is 0 Å². The van der Waals surface area contributed by atoms with Gasteiger partial charge >= 0.3 is 0 Å². The van der Waals surface area contributed by atoms with Crippen LogP contribution in [0.3, 0.4) is 0 Å². The number of hydrogen-bond acceptors (Lipinski definition) is 2. The van der Waals surface area contributed by atoms with Gasteiger partial charge in [-0.05, 0) is 23.8 Å². The zero-order chi connectivity index (χ0) is 12.1. The maximum Gasteiger partial charge on any atom is 0.123 e. The fourth-order valence-corrected chi connectivity index (χ4v) is 2.03.